The molecule has 0 radical (unpaired) electrons. The minimum Gasteiger partial charge on any atom is -0.466 e. The summed E-state index contributed by atoms with van der Waals surface area (Å²) >= 11 is 0. The molecule has 0 aliphatic carbocycles. The summed E-state index contributed by atoms with van der Waals surface area (Å²) in [5.74, 6) is -0.0307. The van der Waals surface area contributed by atoms with Crippen LogP contribution in [-0.2, 0) is 14.3 Å². The van der Waals surface area contributed by atoms with E-state index in [4.69, 9.17) is 4.74 Å². The van der Waals surface area contributed by atoms with Gasteiger partial charge in [-0.1, -0.05) is 290 Å². The lowest BCUT2D eigenvalue weighted by Crippen LogP contribution is -2.45. The second kappa shape index (κ2) is 53.5. The van der Waals surface area contributed by atoms with Gasteiger partial charge in [-0.15, -0.1) is 0 Å². The van der Waals surface area contributed by atoms with E-state index >= 15 is 0 Å². The Balaban J connectivity index is 3.41. The SMILES string of the molecule is CCCCCCCCCCCCCCCCCCCCC(O)C(CO)NC(=O)CCCCCCCCCCCCCCCCCCCOC(=O)CCCCCCCCCCCCC. The van der Waals surface area contributed by atoms with Gasteiger partial charge in [-0.05, 0) is 25.7 Å². The number of ether oxygens (including phenoxy) is 1. The Morgan fingerprint density at radius 2 is 0.651 bits per heavy atom. The maximum atomic E-state index is 12.5. The molecule has 0 aromatic heterocycles. The third kappa shape index (κ3) is 50.1. The van der Waals surface area contributed by atoms with Crippen molar-refractivity contribution in [3.8, 4) is 0 Å². The zero-order chi connectivity index (χ0) is 45.8. The van der Waals surface area contributed by atoms with Gasteiger partial charge in [0.15, 0.2) is 0 Å². The van der Waals surface area contributed by atoms with E-state index in [0.717, 1.165) is 38.5 Å². The highest BCUT2D eigenvalue weighted by molar-refractivity contribution is 5.76. The van der Waals surface area contributed by atoms with Crippen molar-refractivity contribution < 1.29 is 24.5 Å². The second-order valence-electron chi connectivity index (χ2n) is 20.0. The normalized spacial score (nSPS) is 12.5. The average molecular weight is 893 g/mol. The Morgan fingerprint density at radius 3 is 0.968 bits per heavy atom. The smallest absolute Gasteiger partial charge is 0.305 e. The van der Waals surface area contributed by atoms with Crippen LogP contribution in [0.5, 0.6) is 0 Å². The first-order chi connectivity index (χ1) is 31.0. The van der Waals surface area contributed by atoms with Crippen LogP contribution in [0.25, 0.3) is 0 Å². The highest BCUT2D eigenvalue weighted by atomic mass is 16.5. The third-order valence-corrected chi connectivity index (χ3v) is 13.7. The first kappa shape index (κ1) is 61.9. The maximum Gasteiger partial charge on any atom is 0.305 e. The van der Waals surface area contributed by atoms with E-state index in [1.807, 2.05) is 0 Å². The van der Waals surface area contributed by atoms with Crippen molar-refractivity contribution in [1.82, 2.24) is 5.32 Å². The van der Waals surface area contributed by atoms with Crippen LogP contribution < -0.4 is 5.32 Å². The first-order valence-electron chi connectivity index (χ1n) is 28.8. The van der Waals surface area contributed by atoms with Crippen molar-refractivity contribution in [3.05, 3.63) is 0 Å². The predicted octanol–water partition coefficient (Wildman–Crippen LogP) is 17.5. The van der Waals surface area contributed by atoms with Gasteiger partial charge >= 0.3 is 5.97 Å². The predicted molar refractivity (Wildman–Crippen MR) is 274 cm³/mol. The van der Waals surface area contributed by atoms with E-state index < -0.39 is 12.1 Å². The molecule has 0 aromatic rings. The average Bonchev–Trinajstić information content (AvgIpc) is 3.28. The zero-order valence-corrected chi connectivity index (χ0v) is 42.8. The molecule has 0 aromatic carbocycles. The Morgan fingerprint density at radius 1 is 0.381 bits per heavy atom. The molecular weight excluding hydrogens is 779 g/mol. The fraction of sp³-hybridized carbons (Fsp3) is 0.965. The molecule has 63 heavy (non-hydrogen) atoms. The van der Waals surface area contributed by atoms with Gasteiger partial charge in [-0.3, -0.25) is 9.59 Å². The van der Waals surface area contributed by atoms with Crippen molar-refractivity contribution in [1.29, 1.82) is 0 Å². The summed E-state index contributed by atoms with van der Waals surface area (Å²) in [6.07, 6.45) is 60.9. The van der Waals surface area contributed by atoms with Crippen LogP contribution in [-0.4, -0.2) is 47.4 Å². The molecule has 0 bridgehead atoms. The third-order valence-electron chi connectivity index (χ3n) is 13.7. The Bertz CT molecular complexity index is 898. The largest absolute Gasteiger partial charge is 0.466 e. The van der Waals surface area contributed by atoms with Crippen molar-refractivity contribution in [2.45, 2.75) is 341 Å². The van der Waals surface area contributed by atoms with Crippen molar-refractivity contribution in [2.24, 2.45) is 0 Å². The topological polar surface area (TPSA) is 95.9 Å². The molecule has 0 heterocycles. The molecule has 2 unspecified atom stereocenters. The number of aliphatic hydroxyl groups is 2. The summed E-state index contributed by atoms with van der Waals surface area (Å²) in [6, 6.07) is -0.544. The number of nitrogens with one attached hydrogen (secondary N) is 1. The van der Waals surface area contributed by atoms with Gasteiger partial charge in [0.05, 0.1) is 25.4 Å². The molecule has 0 saturated carbocycles. The van der Waals surface area contributed by atoms with Crippen LogP contribution in [0.2, 0.25) is 0 Å². The summed E-state index contributed by atoms with van der Waals surface area (Å²) in [7, 11) is 0. The monoisotopic (exact) mass is 892 g/mol. The Hall–Kier alpha value is -1.14. The van der Waals surface area contributed by atoms with Gasteiger partial charge in [0.1, 0.15) is 0 Å². The lowest BCUT2D eigenvalue weighted by Gasteiger charge is -2.22. The molecule has 0 saturated heterocycles. The number of esters is 1. The highest BCUT2D eigenvalue weighted by Gasteiger charge is 2.20. The number of rotatable bonds is 54. The summed E-state index contributed by atoms with van der Waals surface area (Å²) in [4.78, 5) is 24.5. The van der Waals surface area contributed by atoms with Crippen LogP contribution in [0.15, 0.2) is 0 Å². The van der Waals surface area contributed by atoms with E-state index in [9.17, 15) is 19.8 Å². The Kier molecular flexibility index (Phi) is 52.5. The van der Waals surface area contributed by atoms with E-state index in [2.05, 4.69) is 19.2 Å². The van der Waals surface area contributed by atoms with Gasteiger partial charge in [0.2, 0.25) is 5.91 Å². The lowest BCUT2D eigenvalue weighted by atomic mass is 10.0. The van der Waals surface area contributed by atoms with Gasteiger partial charge in [-0.25, -0.2) is 0 Å². The number of hydrogen-bond acceptors (Lipinski definition) is 5. The van der Waals surface area contributed by atoms with Gasteiger partial charge < -0.3 is 20.3 Å². The molecule has 1 amide bonds. The van der Waals surface area contributed by atoms with Gasteiger partial charge in [-0.2, -0.15) is 0 Å². The van der Waals surface area contributed by atoms with Gasteiger partial charge in [0.25, 0.3) is 0 Å². The molecule has 0 fully saturated rings. The molecule has 3 N–H and O–H groups in total. The number of carbonyl (C=O) groups excluding carboxylic acids is 2. The Labute approximate surface area is 394 Å². The van der Waals surface area contributed by atoms with Crippen LogP contribution >= 0.6 is 0 Å². The van der Waals surface area contributed by atoms with Crippen molar-refractivity contribution in [2.75, 3.05) is 13.2 Å². The molecule has 2 atom stereocenters. The van der Waals surface area contributed by atoms with Crippen LogP contribution in [0.4, 0.5) is 0 Å². The highest BCUT2D eigenvalue weighted by Crippen LogP contribution is 2.18. The van der Waals surface area contributed by atoms with Crippen LogP contribution in [0, 0.1) is 0 Å². The molecule has 0 spiro atoms. The summed E-state index contributed by atoms with van der Waals surface area (Å²) in [5, 5.41) is 23.3. The molecular formula is C57H113NO5. The van der Waals surface area contributed by atoms with Crippen molar-refractivity contribution in [3.63, 3.8) is 0 Å². The molecule has 6 nitrogen and oxygen atoms in total. The summed E-state index contributed by atoms with van der Waals surface area (Å²) in [6.45, 7) is 4.96. The first-order valence-corrected chi connectivity index (χ1v) is 28.8. The van der Waals surface area contributed by atoms with Crippen LogP contribution in [0.1, 0.15) is 328 Å². The number of hydrogen-bond donors (Lipinski definition) is 3. The zero-order valence-electron chi connectivity index (χ0n) is 42.8. The fourth-order valence-corrected chi connectivity index (χ4v) is 9.23. The minimum absolute atomic E-state index is 0.00605. The molecule has 0 aliphatic heterocycles. The fourth-order valence-electron chi connectivity index (χ4n) is 9.23. The van der Waals surface area contributed by atoms with E-state index in [1.54, 1.807) is 0 Å². The van der Waals surface area contributed by atoms with Crippen LogP contribution in [0.3, 0.4) is 0 Å². The molecule has 0 aliphatic rings. The van der Waals surface area contributed by atoms with Crippen molar-refractivity contribution >= 4 is 11.9 Å². The minimum atomic E-state index is -0.667. The van der Waals surface area contributed by atoms with E-state index in [-0.39, 0.29) is 18.5 Å². The number of unbranched alkanes of at least 4 members (excludes halogenated alkanes) is 43. The number of amides is 1. The summed E-state index contributed by atoms with van der Waals surface area (Å²) < 4.78 is 5.46. The number of aliphatic hydroxyl groups excluding tert-OH is 2. The molecule has 376 valence electrons. The maximum absolute atomic E-state index is 12.5. The summed E-state index contributed by atoms with van der Waals surface area (Å²) in [5.41, 5.74) is 0. The quantitative estimate of drug-likeness (QED) is 0.0418. The molecule has 0 rings (SSSR count). The number of carbonyl (C=O) groups is 2. The lowest BCUT2D eigenvalue weighted by molar-refractivity contribution is -0.143. The van der Waals surface area contributed by atoms with Gasteiger partial charge in [0, 0.05) is 12.8 Å². The second-order valence-corrected chi connectivity index (χ2v) is 20.0. The van der Waals surface area contributed by atoms with E-state index in [1.165, 1.54) is 257 Å². The standard InChI is InChI=1S/C57H113NO5/c1-3-5-7-9-11-13-15-16-17-18-20-23-26-30-33-37-41-45-49-55(60)54(53-59)58-56(61)50-46-42-38-34-31-27-24-21-19-22-25-28-32-36-40-44-48-52-63-57(62)51-47-43-39-35-29-14-12-10-8-6-4-2/h54-55,59-60H,3-53H2,1-2H3,(H,58,61). The molecule has 6 heteroatoms. The van der Waals surface area contributed by atoms with E-state index in [0.29, 0.717) is 25.9 Å².